The van der Waals surface area contributed by atoms with E-state index >= 15 is 0 Å². The van der Waals surface area contributed by atoms with Gasteiger partial charge in [-0.25, -0.2) is 4.79 Å². The summed E-state index contributed by atoms with van der Waals surface area (Å²) >= 11 is 0. The minimum absolute atomic E-state index is 0.0566. The number of nitrogens with one attached hydrogen (secondary N) is 2. The highest BCUT2D eigenvalue weighted by atomic mass is 16.5. The van der Waals surface area contributed by atoms with Gasteiger partial charge >= 0.3 is 6.03 Å². The maximum atomic E-state index is 13.1. The third-order valence-electron chi connectivity index (χ3n) is 4.96. The number of hydrogen-bond acceptors (Lipinski definition) is 3. The summed E-state index contributed by atoms with van der Waals surface area (Å²) in [5, 5.41) is 5.68. The Morgan fingerprint density at radius 3 is 2.44 bits per heavy atom. The Morgan fingerprint density at radius 1 is 1.07 bits per heavy atom. The number of aryl methyl sites for hydroxylation is 1. The number of ether oxygens (including phenoxy) is 1. The Morgan fingerprint density at radius 2 is 1.78 bits per heavy atom. The number of nitrogens with zero attached hydrogens (tertiary/aromatic N) is 1. The van der Waals surface area contributed by atoms with E-state index in [4.69, 9.17) is 4.74 Å². The molecular weight excluding hydrogens is 342 g/mol. The molecule has 0 spiro atoms. The van der Waals surface area contributed by atoms with Crippen molar-refractivity contribution < 1.29 is 14.3 Å². The first-order valence-corrected chi connectivity index (χ1v) is 8.84. The molecule has 27 heavy (non-hydrogen) atoms. The van der Waals surface area contributed by atoms with Crippen LogP contribution < -0.4 is 15.4 Å². The molecule has 2 heterocycles. The molecule has 0 aromatic heterocycles. The van der Waals surface area contributed by atoms with Crippen LogP contribution in [0.4, 0.5) is 4.79 Å². The van der Waals surface area contributed by atoms with Gasteiger partial charge in [-0.05, 0) is 30.2 Å². The van der Waals surface area contributed by atoms with Crippen LogP contribution in [-0.2, 0) is 11.3 Å². The molecule has 0 saturated carbocycles. The van der Waals surface area contributed by atoms with Crippen LogP contribution in [0.5, 0.6) is 5.75 Å². The van der Waals surface area contributed by atoms with E-state index in [0.29, 0.717) is 24.4 Å². The maximum absolute atomic E-state index is 13.1. The quantitative estimate of drug-likeness (QED) is 0.877. The van der Waals surface area contributed by atoms with Crippen LogP contribution in [0.1, 0.15) is 22.7 Å². The van der Waals surface area contributed by atoms with Gasteiger partial charge in [0.15, 0.2) is 0 Å². The Labute approximate surface area is 157 Å². The number of benzene rings is 2. The van der Waals surface area contributed by atoms with E-state index in [-0.39, 0.29) is 11.9 Å². The fourth-order valence-corrected chi connectivity index (χ4v) is 3.52. The van der Waals surface area contributed by atoms with Crippen molar-refractivity contribution in [3.05, 3.63) is 76.5 Å². The zero-order chi connectivity index (χ0) is 19.0. The third-order valence-corrected chi connectivity index (χ3v) is 4.96. The molecule has 0 radical (unpaired) electrons. The highest BCUT2D eigenvalue weighted by molar-refractivity contribution is 6.01. The zero-order valence-electron chi connectivity index (χ0n) is 15.3. The zero-order valence-corrected chi connectivity index (χ0v) is 15.3. The second kappa shape index (κ2) is 6.79. The molecule has 2 aromatic rings. The van der Waals surface area contributed by atoms with Gasteiger partial charge in [-0.15, -0.1) is 0 Å². The Hall–Kier alpha value is -3.28. The number of urea groups is 1. The first kappa shape index (κ1) is 17.1. The van der Waals surface area contributed by atoms with E-state index in [0.717, 1.165) is 22.4 Å². The summed E-state index contributed by atoms with van der Waals surface area (Å²) in [6.45, 7) is 2.88. The first-order valence-electron chi connectivity index (χ1n) is 8.84. The molecule has 2 aliphatic rings. The number of carbonyl (C=O) groups is 2. The van der Waals surface area contributed by atoms with Gasteiger partial charge < -0.3 is 20.3 Å². The number of carbonyl (C=O) groups excluding carboxylic acids is 2. The van der Waals surface area contributed by atoms with E-state index in [2.05, 4.69) is 10.6 Å². The molecule has 1 atom stereocenters. The van der Waals surface area contributed by atoms with Gasteiger partial charge in [-0.1, -0.05) is 42.0 Å². The maximum Gasteiger partial charge on any atom is 0.319 e. The summed E-state index contributed by atoms with van der Waals surface area (Å²) in [5.41, 5.74) is 4.35. The van der Waals surface area contributed by atoms with Crippen molar-refractivity contribution in [3.63, 3.8) is 0 Å². The molecule has 3 amide bonds. The second-order valence-corrected chi connectivity index (χ2v) is 6.84. The van der Waals surface area contributed by atoms with Gasteiger partial charge in [0.25, 0.3) is 5.91 Å². The minimum Gasteiger partial charge on any atom is -0.497 e. The van der Waals surface area contributed by atoms with Crippen molar-refractivity contribution in [2.24, 2.45) is 0 Å². The standard InChI is InChI=1S/C21H21N3O3/c1-13-3-7-15(8-4-13)19-18-17(22-21(26)23-19)12-24(20(18)25)11-14-5-9-16(27-2)10-6-14/h3-10,19H,11-12H2,1-2H3,(H2,22,23,26). The van der Waals surface area contributed by atoms with E-state index in [1.54, 1.807) is 12.0 Å². The summed E-state index contributed by atoms with van der Waals surface area (Å²) in [6, 6.07) is 14.8. The van der Waals surface area contributed by atoms with E-state index in [9.17, 15) is 9.59 Å². The number of hydrogen-bond donors (Lipinski definition) is 2. The van der Waals surface area contributed by atoms with E-state index in [1.807, 2.05) is 55.5 Å². The molecule has 0 bridgehead atoms. The van der Waals surface area contributed by atoms with Crippen LogP contribution in [0.2, 0.25) is 0 Å². The number of rotatable bonds is 4. The molecule has 1 unspecified atom stereocenters. The van der Waals surface area contributed by atoms with Crippen LogP contribution >= 0.6 is 0 Å². The van der Waals surface area contributed by atoms with Gasteiger partial charge in [-0.3, -0.25) is 4.79 Å². The molecule has 4 rings (SSSR count). The Balaban J connectivity index is 1.58. The molecule has 6 nitrogen and oxygen atoms in total. The number of methoxy groups -OCH3 is 1. The van der Waals surface area contributed by atoms with Gasteiger partial charge in [-0.2, -0.15) is 0 Å². The normalized spacial score (nSPS) is 18.9. The predicted octanol–water partition coefficient (Wildman–Crippen LogP) is 2.65. The van der Waals surface area contributed by atoms with Gasteiger partial charge in [0, 0.05) is 6.54 Å². The Kier molecular flexibility index (Phi) is 4.32. The highest BCUT2D eigenvalue weighted by Gasteiger charge is 2.40. The smallest absolute Gasteiger partial charge is 0.319 e. The molecule has 2 N–H and O–H groups in total. The molecule has 0 fully saturated rings. The SMILES string of the molecule is COc1ccc(CN2CC3=C(C2=O)C(c2ccc(C)cc2)NC(=O)N3)cc1. The predicted molar refractivity (Wildman–Crippen MR) is 101 cm³/mol. The van der Waals surface area contributed by atoms with Crippen LogP contribution in [0.3, 0.4) is 0 Å². The van der Waals surface area contributed by atoms with Crippen LogP contribution in [0, 0.1) is 6.92 Å². The van der Waals surface area contributed by atoms with Crippen LogP contribution in [0.15, 0.2) is 59.8 Å². The minimum atomic E-state index is -0.428. The lowest BCUT2D eigenvalue weighted by Gasteiger charge is -2.25. The molecule has 2 aromatic carbocycles. The fourth-order valence-electron chi connectivity index (χ4n) is 3.52. The second-order valence-electron chi connectivity index (χ2n) is 6.84. The van der Waals surface area contributed by atoms with Crippen molar-refractivity contribution in [1.82, 2.24) is 15.5 Å². The third kappa shape index (κ3) is 3.26. The van der Waals surface area contributed by atoms with Crippen molar-refractivity contribution in [1.29, 1.82) is 0 Å². The van der Waals surface area contributed by atoms with Crippen molar-refractivity contribution in [2.45, 2.75) is 19.5 Å². The molecule has 6 heteroatoms. The van der Waals surface area contributed by atoms with E-state index in [1.165, 1.54) is 0 Å². The summed E-state index contributed by atoms with van der Waals surface area (Å²) in [7, 11) is 1.62. The van der Waals surface area contributed by atoms with Crippen molar-refractivity contribution in [2.75, 3.05) is 13.7 Å². The topological polar surface area (TPSA) is 70.7 Å². The van der Waals surface area contributed by atoms with Crippen LogP contribution in [-0.4, -0.2) is 30.5 Å². The lowest BCUT2D eigenvalue weighted by atomic mass is 9.95. The van der Waals surface area contributed by atoms with Crippen molar-refractivity contribution >= 4 is 11.9 Å². The average molecular weight is 363 g/mol. The highest BCUT2D eigenvalue weighted by Crippen LogP contribution is 2.33. The van der Waals surface area contributed by atoms with Gasteiger partial charge in [0.05, 0.1) is 31.0 Å². The molecular formula is C21H21N3O3. The van der Waals surface area contributed by atoms with Crippen molar-refractivity contribution in [3.8, 4) is 5.75 Å². The van der Waals surface area contributed by atoms with Gasteiger partial charge in [0.1, 0.15) is 5.75 Å². The summed E-state index contributed by atoms with van der Waals surface area (Å²) in [4.78, 5) is 26.9. The Bertz CT molecular complexity index is 917. The molecule has 0 saturated heterocycles. The summed E-state index contributed by atoms with van der Waals surface area (Å²) in [5.74, 6) is 0.721. The average Bonchev–Trinajstić information content (AvgIpc) is 2.97. The summed E-state index contributed by atoms with van der Waals surface area (Å²) in [6.07, 6.45) is 0. The lowest BCUT2D eigenvalue weighted by Crippen LogP contribution is -2.44. The molecule has 2 aliphatic heterocycles. The summed E-state index contributed by atoms with van der Waals surface area (Å²) < 4.78 is 5.18. The monoisotopic (exact) mass is 363 g/mol. The first-order chi connectivity index (χ1) is 13.0. The molecule has 0 aliphatic carbocycles. The number of amides is 3. The largest absolute Gasteiger partial charge is 0.497 e. The lowest BCUT2D eigenvalue weighted by molar-refractivity contribution is -0.126. The van der Waals surface area contributed by atoms with E-state index < -0.39 is 6.04 Å². The molecule has 138 valence electrons. The van der Waals surface area contributed by atoms with Crippen LogP contribution in [0.25, 0.3) is 0 Å². The van der Waals surface area contributed by atoms with Gasteiger partial charge in [0.2, 0.25) is 0 Å². The fraction of sp³-hybridized carbons (Fsp3) is 0.238.